The standard InChI is InChI=1S/C54H61FN12O5/c1-3-37-7-6-8-41(25-37)42-28-48(60-49(68)33-56-29-40-30-57-36(2)58-31-40)51(59-32-42)54(72)66-15-13-38(14-16-66)34-63-17-19-64(20-18-63)35-50(69)65-21-23-67(24-22-65)53(71)45-26-39(11-12-46(45)55)27-47-43-9-4-5-10-44(43)52(70)62-61-47/h4-12,25-26,28,30-32,38,56H,3,13-24,27,29,33-35H2,1-2H3,(H,60,68)(H,62,70). The highest BCUT2D eigenvalue weighted by atomic mass is 19.1. The second kappa shape index (κ2) is 22.9. The quantitative estimate of drug-likeness (QED) is 0.130. The summed E-state index contributed by atoms with van der Waals surface area (Å²) in [6.45, 7) is 11.3. The van der Waals surface area contributed by atoms with Gasteiger partial charge >= 0.3 is 0 Å². The molecule has 0 atom stereocenters. The smallest absolute Gasteiger partial charge is 0.274 e. The minimum atomic E-state index is -0.612. The lowest BCUT2D eigenvalue weighted by Crippen LogP contribution is -2.55. The normalized spacial score (nSPS) is 16.0. The fourth-order valence-corrected chi connectivity index (χ4v) is 9.81. The maximum Gasteiger partial charge on any atom is 0.274 e. The van der Waals surface area contributed by atoms with E-state index in [2.05, 4.69) is 64.6 Å². The number of piperazine rings is 2. The first-order valence-electron chi connectivity index (χ1n) is 24.9. The van der Waals surface area contributed by atoms with Crippen molar-refractivity contribution < 1.29 is 23.6 Å². The summed E-state index contributed by atoms with van der Waals surface area (Å²) in [5, 5.41) is 14.1. The lowest BCUT2D eigenvalue weighted by molar-refractivity contribution is -0.134. The van der Waals surface area contributed by atoms with Gasteiger partial charge in [0.05, 0.1) is 35.4 Å². The highest BCUT2D eigenvalue weighted by molar-refractivity contribution is 6.03. The fraction of sp³-hybridized carbons (Fsp3) is 0.389. The van der Waals surface area contributed by atoms with Crippen molar-refractivity contribution in [2.75, 3.05) is 90.4 Å². The summed E-state index contributed by atoms with van der Waals surface area (Å²) in [5.41, 5.74) is 5.39. The average Bonchev–Trinajstić information content (AvgIpc) is 3.41. The minimum absolute atomic E-state index is 0.0178. The summed E-state index contributed by atoms with van der Waals surface area (Å²) in [6, 6.07) is 21.6. The molecule has 3 aromatic heterocycles. The topological polar surface area (TPSA) is 193 Å². The molecule has 17 nitrogen and oxygen atoms in total. The largest absolute Gasteiger partial charge is 0.338 e. The highest BCUT2D eigenvalue weighted by Crippen LogP contribution is 2.28. The molecule has 0 spiro atoms. The number of hydrogen-bond donors (Lipinski definition) is 3. The number of hydrogen-bond acceptors (Lipinski definition) is 12. The van der Waals surface area contributed by atoms with Crippen LogP contribution in [0.4, 0.5) is 10.1 Å². The number of rotatable bonds is 15. The minimum Gasteiger partial charge on any atom is -0.338 e. The second-order valence-electron chi connectivity index (χ2n) is 19.0. The molecule has 6 heterocycles. The first-order chi connectivity index (χ1) is 35.0. The number of H-pyrrole nitrogens is 1. The molecule has 3 aromatic carbocycles. The molecule has 0 radical (unpaired) electrons. The van der Waals surface area contributed by atoms with E-state index < -0.39 is 11.7 Å². The van der Waals surface area contributed by atoms with Crippen molar-refractivity contribution in [2.45, 2.75) is 46.1 Å². The summed E-state index contributed by atoms with van der Waals surface area (Å²) >= 11 is 0. The summed E-state index contributed by atoms with van der Waals surface area (Å²) in [5.74, 6) is -0.428. The van der Waals surface area contributed by atoms with E-state index in [0.29, 0.717) is 98.2 Å². The number of amides is 4. The number of carbonyl (C=O) groups is 4. The number of nitrogens with zero attached hydrogens (tertiary/aromatic N) is 9. The molecule has 0 saturated carbocycles. The maximum atomic E-state index is 15.1. The number of pyridine rings is 1. The number of benzene rings is 3. The van der Waals surface area contributed by atoms with Crippen molar-refractivity contribution in [3.8, 4) is 11.1 Å². The molecule has 18 heteroatoms. The molecule has 3 saturated heterocycles. The molecule has 9 rings (SSSR count). The van der Waals surface area contributed by atoms with Crippen LogP contribution in [0.1, 0.15) is 68.8 Å². The Labute approximate surface area is 417 Å². The van der Waals surface area contributed by atoms with Gasteiger partial charge < -0.3 is 30.2 Å². The van der Waals surface area contributed by atoms with Crippen molar-refractivity contribution in [3.63, 3.8) is 0 Å². The summed E-state index contributed by atoms with van der Waals surface area (Å²) < 4.78 is 15.1. The van der Waals surface area contributed by atoms with E-state index >= 15 is 4.39 Å². The molecule has 0 aliphatic carbocycles. The number of fused-ring (bicyclic) bond motifs is 1. The van der Waals surface area contributed by atoms with E-state index in [1.54, 1.807) is 52.7 Å². The third-order valence-electron chi connectivity index (χ3n) is 14.1. The van der Waals surface area contributed by atoms with E-state index in [0.717, 1.165) is 68.7 Å². The third-order valence-corrected chi connectivity index (χ3v) is 14.1. The van der Waals surface area contributed by atoms with Crippen LogP contribution >= 0.6 is 0 Å². The monoisotopic (exact) mass is 976 g/mol. The van der Waals surface area contributed by atoms with Gasteiger partial charge in [-0.15, -0.1) is 0 Å². The van der Waals surface area contributed by atoms with Gasteiger partial charge in [-0.25, -0.2) is 24.4 Å². The van der Waals surface area contributed by atoms with Crippen LogP contribution in [0.15, 0.2) is 96.2 Å². The van der Waals surface area contributed by atoms with Gasteiger partial charge in [-0.3, -0.25) is 28.9 Å². The van der Waals surface area contributed by atoms with Crippen LogP contribution in [0.3, 0.4) is 0 Å². The van der Waals surface area contributed by atoms with E-state index in [1.807, 2.05) is 42.2 Å². The Kier molecular flexibility index (Phi) is 15.8. The van der Waals surface area contributed by atoms with Crippen LogP contribution in [-0.4, -0.2) is 158 Å². The fourth-order valence-electron chi connectivity index (χ4n) is 9.81. The highest BCUT2D eigenvalue weighted by Gasteiger charge is 2.31. The van der Waals surface area contributed by atoms with Crippen molar-refractivity contribution in [3.05, 3.63) is 147 Å². The number of aromatic nitrogens is 5. The van der Waals surface area contributed by atoms with Gasteiger partial charge in [-0.1, -0.05) is 55.5 Å². The predicted molar refractivity (Wildman–Crippen MR) is 272 cm³/mol. The maximum absolute atomic E-state index is 15.1. The van der Waals surface area contributed by atoms with Crippen LogP contribution in [0, 0.1) is 18.7 Å². The number of nitrogens with one attached hydrogen (secondary N) is 3. The zero-order chi connectivity index (χ0) is 50.1. The number of halogens is 1. The summed E-state index contributed by atoms with van der Waals surface area (Å²) in [6.07, 6.45) is 8.03. The van der Waals surface area contributed by atoms with Crippen molar-refractivity contribution in [1.29, 1.82) is 0 Å². The molecule has 3 fully saturated rings. The Hall–Kier alpha value is -7.28. The first kappa shape index (κ1) is 49.7. The lowest BCUT2D eigenvalue weighted by atomic mass is 9.95. The Bertz CT molecular complexity index is 2980. The van der Waals surface area contributed by atoms with Gasteiger partial charge in [0.15, 0.2) is 5.69 Å². The van der Waals surface area contributed by atoms with Crippen LogP contribution < -0.4 is 16.2 Å². The van der Waals surface area contributed by atoms with Gasteiger partial charge in [0.2, 0.25) is 11.8 Å². The molecule has 3 aliphatic rings. The summed E-state index contributed by atoms with van der Waals surface area (Å²) in [4.78, 5) is 89.7. The predicted octanol–water partition coefficient (Wildman–Crippen LogP) is 4.56. The number of piperidine rings is 1. The van der Waals surface area contributed by atoms with Gasteiger partial charge in [-0.2, -0.15) is 5.10 Å². The van der Waals surface area contributed by atoms with Gasteiger partial charge in [-0.05, 0) is 73.1 Å². The zero-order valence-electron chi connectivity index (χ0n) is 40.9. The van der Waals surface area contributed by atoms with Crippen LogP contribution in [0.25, 0.3) is 21.9 Å². The molecule has 3 N–H and O–H groups in total. The van der Waals surface area contributed by atoms with Crippen molar-refractivity contribution in [2.24, 2.45) is 5.92 Å². The van der Waals surface area contributed by atoms with Gasteiger partial charge in [0.25, 0.3) is 17.4 Å². The Balaban J connectivity index is 0.721. The van der Waals surface area contributed by atoms with Gasteiger partial charge in [0.1, 0.15) is 11.6 Å². The molecule has 6 aromatic rings. The first-order valence-corrected chi connectivity index (χ1v) is 24.9. The number of aromatic amines is 1. The Morgan fingerprint density at radius 3 is 2.17 bits per heavy atom. The molecular formula is C54H61FN12O5. The second-order valence-corrected chi connectivity index (χ2v) is 19.0. The Morgan fingerprint density at radius 2 is 1.42 bits per heavy atom. The molecule has 4 amide bonds. The van der Waals surface area contributed by atoms with E-state index in [9.17, 15) is 24.0 Å². The van der Waals surface area contributed by atoms with Crippen molar-refractivity contribution >= 4 is 40.1 Å². The van der Waals surface area contributed by atoms with E-state index in [1.165, 1.54) is 11.6 Å². The van der Waals surface area contributed by atoms with Crippen LogP contribution in [0.5, 0.6) is 0 Å². The number of likely N-dealkylation sites (tertiary alicyclic amines) is 1. The van der Waals surface area contributed by atoms with Crippen LogP contribution in [0.2, 0.25) is 0 Å². The average molecular weight is 977 g/mol. The number of carbonyl (C=O) groups excluding carboxylic acids is 4. The SMILES string of the molecule is CCc1cccc(-c2cnc(C(=O)N3CCC(CN4CCN(CC(=O)N5CCN(C(=O)c6cc(Cc7n[nH]c(=O)c8ccccc78)ccc6F)CC5)CC4)CC3)c(NC(=O)CNCc3cnc(C)nc3)c2)c1. The van der Waals surface area contributed by atoms with E-state index in [4.69, 9.17) is 0 Å². The van der Waals surface area contributed by atoms with Gasteiger partial charge in [0, 0.05) is 120 Å². The molecule has 0 unspecified atom stereocenters. The number of anilines is 1. The van der Waals surface area contributed by atoms with E-state index in [-0.39, 0.29) is 41.1 Å². The molecular weight excluding hydrogens is 916 g/mol. The molecule has 3 aliphatic heterocycles. The zero-order valence-corrected chi connectivity index (χ0v) is 40.9. The molecule has 374 valence electrons. The van der Waals surface area contributed by atoms with Crippen molar-refractivity contribution in [1.82, 2.24) is 55.0 Å². The Morgan fingerprint density at radius 1 is 0.708 bits per heavy atom. The third kappa shape index (κ3) is 12.1. The number of aryl methyl sites for hydroxylation is 2. The van der Waals surface area contributed by atoms with Crippen LogP contribution in [-0.2, 0) is 29.0 Å². The summed E-state index contributed by atoms with van der Waals surface area (Å²) in [7, 11) is 0. The molecule has 0 bridgehead atoms. The lowest BCUT2D eigenvalue weighted by Gasteiger charge is -2.40. The molecule has 72 heavy (non-hydrogen) atoms.